The summed E-state index contributed by atoms with van der Waals surface area (Å²) in [6.07, 6.45) is -16.9. The van der Waals surface area contributed by atoms with Gasteiger partial charge in [0.15, 0.2) is 12.6 Å². The maximum atomic E-state index is 11.0. The number of hydrogen-bond donors (Lipinski definition) is 10. The van der Waals surface area contributed by atoms with Crippen LogP contribution in [0.1, 0.15) is 0 Å². The third-order valence-electron chi connectivity index (χ3n) is 4.95. The number of carbonyl (C=O) groups is 1. The third-order valence-corrected chi connectivity index (χ3v) is 4.95. The number of amides is 1. The lowest BCUT2D eigenvalue weighted by atomic mass is 9.99. The van der Waals surface area contributed by atoms with Gasteiger partial charge in [0, 0.05) is 0 Å². The summed E-state index contributed by atoms with van der Waals surface area (Å²) in [5.41, 5.74) is 0. The molecule has 2 saturated heterocycles. The molecule has 0 aromatic rings. The van der Waals surface area contributed by atoms with Crippen molar-refractivity contribution >= 4 is 6.09 Å². The second-order valence-corrected chi connectivity index (χ2v) is 7.21. The zero-order chi connectivity index (χ0) is 23.3. The van der Waals surface area contributed by atoms with Crippen LogP contribution in [0, 0.1) is 0 Å². The average molecular weight is 459 g/mol. The van der Waals surface area contributed by atoms with Crippen LogP contribution in [0.5, 0.6) is 0 Å². The Balaban J connectivity index is 1.95. The fraction of sp³-hybridized carbons (Fsp3) is 0.938. The van der Waals surface area contributed by atoms with Crippen LogP contribution in [0.4, 0.5) is 4.79 Å². The number of hydrogen-bond acceptors (Lipinski definition) is 13. The Bertz CT molecular complexity index is 524. The zero-order valence-electron chi connectivity index (χ0n) is 16.2. The molecule has 0 saturated carbocycles. The number of nitrogens with one attached hydrogen (secondary N) is 1. The fourth-order valence-corrected chi connectivity index (χ4v) is 3.14. The van der Waals surface area contributed by atoms with Gasteiger partial charge >= 0.3 is 6.09 Å². The van der Waals surface area contributed by atoms with Crippen molar-refractivity contribution in [3.05, 3.63) is 0 Å². The first-order valence-electron chi connectivity index (χ1n) is 9.44. The molecule has 2 aliphatic rings. The van der Waals surface area contributed by atoms with Gasteiger partial charge in [0.25, 0.3) is 0 Å². The second-order valence-electron chi connectivity index (χ2n) is 7.21. The van der Waals surface area contributed by atoms with E-state index in [0.717, 1.165) is 0 Å². The molecule has 2 fully saturated rings. The largest absolute Gasteiger partial charge is 0.465 e. The highest BCUT2D eigenvalue weighted by Crippen LogP contribution is 2.23. The molecule has 15 heteroatoms. The Labute approximate surface area is 176 Å². The molecule has 0 unspecified atom stereocenters. The standard InChI is InChI=1S/C16H29NO14/c18-1-6-8(20)10(22)12(24)14(30-6)28-3-5(17-16(26)27)4-29-15-13(25)11(23)9(21)7(2-19)31-15/h5-15,17-25H,1-4H2,(H,26,27)/t6-,7-,8-,9-,10+,11+,12+,13+,14+,15+/m1/s1. The molecule has 0 aliphatic carbocycles. The normalized spacial score (nSPS) is 41.3. The third kappa shape index (κ3) is 6.41. The maximum Gasteiger partial charge on any atom is 0.405 e. The van der Waals surface area contributed by atoms with Crippen molar-refractivity contribution < 1.29 is 69.7 Å². The molecule has 10 N–H and O–H groups in total. The maximum absolute atomic E-state index is 11.0. The number of carboxylic acid groups (broad SMARTS) is 1. The first-order chi connectivity index (χ1) is 14.6. The molecule has 0 spiro atoms. The summed E-state index contributed by atoms with van der Waals surface area (Å²) >= 11 is 0. The highest BCUT2D eigenvalue weighted by atomic mass is 16.7. The molecule has 0 aromatic carbocycles. The van der Waals surface area contributed by atoms with Crippen molar-refractivity contribution in [1.82, 2.24) is 5.32 Å². The van der Waals surface area contributed by atoms with Crippen LogP contribution in [0.15, 0.2) is 0 Å². The number of rotatable bonds is 9. The molecule has 31 heavy (non-hydrogen) atoms. The summed E-state index contributed by atoms with van der Waals surface area (Å²) in [6.45, 7) is -2.32. The Morgan fingerprint density at radius 3 is 1.45 bits per heavy atom. The zero-order valence-corrected chi connectivity index (χ0v) is 16.2. The smallest absolute Gasteiger partial charge is 0.405 e. The van der Waals surface area contributed by atoms with Crippen molar-refractivity contribution in [2.45, 2.75) is 67.5 Å². The molecule has 0 aromatic heterocycles. The van der Waals surface area contributed by atoms with E-state index in [0.29, 0.717) is 0 Å². The van der Waals surface area contributed by atoms with E-state index < -0.39 is 100.0 Å². The molecule has 2 aliphatic heterocycles. The quantitative estimate of drug-likeness (QED) is 0.154. The van der Waals surface area contributed by atoms with Crippen LogP contribution in [-0.2, 0) is 18.9 Å². The Kier molecular flexibility index (Phi) is 9.74. The topological polar surface area (TPSA) is 248 Å². The monoisotopic (exact) mass is 459 g/mol. The minimum Gasteiger partial charge on any atom is -0.465 e. The summed E-state index contributed by atoms with van der Waals surface area (Å²) in [5.74, 6) is 0. The van der Waals surface area contributed by atoms with Gasteiger partial charge in [-0.25, -0.2) is 4.79 Å². The summed E-state index contributed by atoms with van der Waals surface area (Å²) in [6, 6.07) is -1.13. The Morgan fingerprint density at radius 2 is 1.13 bits per heavy atom. The van der Waals surface area contributed by atoms with Gasteiger partial charge in [-0.05, 0) is 0 Å². The predicted octanol–water partition coefficient (Wildman–Crippen LogP) is -5.74. The van der Waals surface area contributed by atoms with E-state index in [-0.39, 0.29) is 0 Å². The Morgan fingerprint density at radius 1 is 0.742 bits per heavy atom. The van der Waals surface area contributed by atoms with Crippen LogP contribution in [0.3, 0.4) is 0 Å². The number of aliphatic hydroxyl groups is 8. The van der Waals surface area contributed by atoms with Crippen molar-refractivity contribution in [2.24, 2.45) is 0 Å². The minimum atomic E-state index is -1.70. The molecular weight excluding hydrogens is 430 g/mol. The van der Waals surface area contributed by atoms with E-state index >= 15 is 0 Å². The minimum absolute atomic E-state index is 0.480. The van der Waals surface area contributed by atoms with E-state index in [2.05, 4.69) is 0 Å². The number of ether oxygens (including phenoxy) is 4. The summed E-state index contributed by atoms with van der Waals surface area (Å²) in [5, 5.41) is 88.3. The lowest BCUT2D eigenvalue weighted by Crippen LogP contribution is -2.60. The second kappa shape index (κ2) is 11.6. The van der Waals surface area contributed by atoms with E-state index in [9.17, 15) is 45.6 Å². The predicted molar refractivity (Wildman–Crippen MR) is 94.4 cm³/mol. The molecule has 182 valence electrons. The molecule has 2 heterocycles. The van der Waals surface area contributed by atoms with Crippen molar-refractivity contribution in [3.63, 3.8) is 0 Å². The van der Waals surface area contributed by atoms with Gasteiger partial charge in [-0.15, -0.1) is 0 Å². The van der Waals surface area contributed by atoms with Crippen LogP contribution < -0.4 is 5.32 Å². The van der Waals surface area contributed by atoms with Crippen LogP contribution >= 0.6 is 0 Å². The molecule has 1 amide bonds. The van der Waals surface area contributed by atoms with Crippen molar-refractivity contribution in [1.29, 1.82) is 0 Å². The summed E-state index contributed by atoms with van der Waals surface area (Å²) < 4.78 is 20.8. The van der Waals surface area contributed by atoms with Crippen LogP contribution in [-0.4, -0.2) is 146 Å². The summed E-state index contributed by atoms with van der Waals surface area (Å²) in [7, 11) is 0. The van der Waals surface area contributed by atoms with Crippen molar-refractivity contribution in [2.75, 3.05) is 26.4 Å². The van der Waals surface area contributed by atoms with Gasteiger partial charge in [-0.1, -0.05) is 0 Å². The molecule has 15 nitrogen and oxygen atoms in total. The van der Waals surface area contributed by atoms with E-state index in [1.807, 2.05) is 5.32 Å². The lowest BCUT2D eigenvalue weighted by molar-refractivity contribution is -0.309. The van der Waals surface area contributed by atoms with Gasteiger partial charge in [0.1, 0.15) is 48.8 Å². The van der Waals surface area contributed by atoms with Crippen LogP contribution in [0.25, 0.3) is 0 Å². The summed E-state index contributed by atoms with van der Waals surface area (Å²) in [4.78, 5) is 11.0. The highest BCUT2D eigenvalue weighted by molar-refractivity contribution is 5.64. The number of aliphatic hydroxyl groups excluding tert-OH is 8. The van der Waals surface area contributed by atoms with Gasteiger partial charge in [0.05, 0.1) is 32.5 Å². The van der Waals surface area contributed by atoms with Gasteiger partial charge < -0.3 is 70.2 Å². The molecule has 0 bridgehead atoms. The molecule has 0 radical (unpaired) electrons. The SMILES string of the molecule is O=C(O)NC(CO[C@H]1O[C@H](CO)[C@@H](O)[C@H](O)[C@@H]1O)CO[C@H]1O[C@H](CO)[C@@H](O)[C@H](O)[C@@H]1O. The first-order valence-corrected chi connectivity index (χ1v) is 9.44. The van der Waals surface area contributed by atoms with Crippen molar-refractivity contribution in [3.8, 4) is 0 Å². The van der Waals surface area contributed by atoms with E-state index in [1.54, 1.807) is 0 Å². The van der Waals surface area contributed by atoms with Crippen LogP contribution in [0.2, 0.25) is 0 Å². The van der Waals surface area contributed by atoms with E-state index in [4.69, 9.17) is 24.1 Å². The Hall–Kier alpha value is -1.21. The van der Waals surface area contributed by atoms with Gasteiger partial charge in [-0.3, -0.25) is 0 Å². The highest BCUT2D eigenvalue weighted by Gasteiger charge is 2.45. The van der Waals surface area contributed by atoms with Gasteiger partial charge in [0.2, 0.25) is 0 Å². The fourth-order valence-electron chi connectivity index (χ4n) is 3.14. The van der Waals surface area contributed by atoms with E-state index in [1.165, 1.54) is 0 Å². The average Bonchev–Trinajstić information content (AvgIpc) is 2.74. The lowest BCUT2D eigenvalue weighted by Gasteiger charge is -2.40. The molecule has 10 atom stereocenters. The van der Waals surface area contributed by atoms with Gasteiger partial charge in [-0.2, -0.15) is 0 Å². The molecule has 2 rings (SSSR count). The first kappa shape index (κ1) is 26.0. The molecular formula is C16H29NO14.